The Morgan fingerprint density at radius 1 is 0.900 bits per heavy atom. The van der Waals surface area contributed by atoms with E-state index in [-0.39, 0.29) is 0 Å². The Labute approximate surface area is 110 Å². The van der Waals surface area contributed by atoms with Crippen LogP contribution in [0.1, 0.15) is 0 Å². The molecule has 0 saturated heterocycles. The zero-order valence-electron chi connectivity index (χ0n) is 9.73. The molecular weight excluding hydrogens is 272 g/mol. The van der Waals surface area contributed by atoms with E-state index in [0.717, 1.165) is 12.2 Å². The number of hydrogen-bond donors (Lipinski definition) is 4. The van der Waals surface area contributed by atoms with Gasteiger partial charge in [-0.1, -0.05) is 10.2 Å². The molecule has 0 atom stereocenters. The van der Waals surface area contributed by atoms with Crippen LogP contribution in [0.5, 0.6) is 0 Å². The van der Waals surface area contributed by atoms with Gasteiger partial charge in [0.25, 0.3) is 0 Å². The second-order valence-corrected chi connectivity index (χ2v) is 3.00. The van der Waals surface area contributed by atoms with Crippen molar-refractivity contribution in [2.45, 2.75) is 0 Å². The first-order chi connectivity index (χ1) is 9.55. The van der Waals surface area contributed by atoms with Crippen molar-refractivity contribution in [3.05, 3.63) is 23.7 Å². The number of hydrazone groups is 2. The Bertz CT molecular complexity index is 535. The number of amidine groups is 2. The molecule has 12 nitrogen and oxygen atoms in total. The van der Waals surface area contributed by atoms with Crippen LogP contribution in [0.4, 0.5) is 0 Å². The van der Waals surface area contributed by atoms with Crippen LogP contribution < -0.4 is 11.7 Å². The predicted octanol–water partition coefficient (Wildman–Crippen LogP) is -0.539. The molecule has 0 bridgehead atoms. The van der Waals surface area contributed by atoms with Gasteiger partial charge in [-0.15, -0.1) is 10.2 Å². The zero-order chi connectivity index (χ0) is 15.1. The lowest BCUT2D eigenvalue weighted by Crippen LogP contribution is -2.20. The molecule has 0 fully saturated rings. The molecule has 6 N–H and O–H groups in total. The first-order valence-electron chi connectivity index (χ1n) is 4.74. The van der Waals surface area contributed by atoms with Gasteiger partial charge in [0.05, 0.1) is 0 Å². The van der Waals surface area contributed by atoms with E-state index in [1.807, 2.05) is 0 Å². The second kappa shape index (κ2) is 6.48. The molecule has 0 aromatic carbocycles. The number of ether oxygens (including phenoxy) is 2. The summed E-state index contributed by atoms with van der Waals surface area (Å²) < 4.78 is 9.45. The van der Waals surface area contributed by atoms with Gasteiger partial charge in [-0.3, -0.25) is 9.59 Å². The van der Waals surface area contributed by atoms with Gasteiger partial charge in [-0.25, -0.2) is 0 Å². The number of carbonyl (C=O) groups is 2. The molecule has 0 aliphatic heterocycles. The number of nitrogens with one attached hydrogen (secondary N) is 2. The SMILES string of the molecule is N=NC(=NN)OC1=CC(=O)C(OC(N=N)=NN)=CC1=O. The first kappa shape index (κ1) is 14.6. The summed E-state index contributed by atoms with van der Waals surface area (Å²) in [4.78, 5) is 23.3. The van der Waals surface area contributed by atoms with Crippen molar-refractivity contribution in [2.24, 2.45) is 32.1 Å². The zero-order valence-corrected chi connectivity index (χ0v) is 9.73. The highest BCUT2D eigenvalue weighted by molar-refractivity contribution is 6.19. The lowest BCUT2D eigenvalue weighted by molar-refractivity contribution is -0.118. The van der Waals surface area contributed by atoms with Crippen LogP contribution in [-0.4, -0.2) is 23.6 Å². The van der Waals surface area contributed by atoms with Crippen LogP contribution in [0.25, 0.3) is 0 Å². The van der Waals surface area contributed by atoms with E-state index in [2.05, 4.69) is 20.4 Å². The van der Waals surface area contributed by atoms with E-state index in [0.29, 0.717) is 0 Å². The van der Waals surface area contributed by atoms with Crippen LogP contribution in [0.15, 0.2) is 44.1 Å². The van der Waals surface area contributed by atoms with Gasteiger partial charge < -0.3 is 21.2 Å². The Morgan fingerprint density at radius 2 is 1.25 bits per heavy atom. The maximum absolute atomic E-state index is 11.6. The minimum absolute atomic E-state index is 0.448. The van der Waals surface area contributed by atoms with E-state index in [9.17, 15) is 9.59 Å². The van der Waals surface area contributed by atoms with Crippen molar-refractivity contribution >= 4 is 23.6 Å². The third-order valence-electron chi connectivity index (χ3n) is 1.82. The van der Waals surface area contributed by atoms with Crippen molar-refractivity contribution in [3.8, 4) is 0 Å². The van der Waals surface area contributed by atoms with Gasteiger partial charge >= 0.3 is 12.0 Å². The minimum atomic E-state index is -0.772. The molecule has 0 amide bonds. The summed E-state index contributed by atoms with van der Waals surface area (Å²) in [6, 6.07) is -1.22. The number of nitrogens with zero attached hydrogens (tertiary/aromatic N) is 4. The summed E-state index contributed by atoms with van der Waals surface area (Å²) in [5.74, 6) is 7.23. The normalized spacial score (nSPS) is 16.2. The Morgan fingerprint density at radius 3 is 1.50 bits per heavy atom. The lowest BCUT2D eigenvalue weighted by Gasteiger charge is -2.11. The largest absolute Gasteiger partial charge is 0.418 e. The number of nitrogens with two attached hydrogens (primary N) is 2. The van der Waals surface area contributed by atoms with E-state index in [4.69, 9.17) is 32.2 Å². The quantitative estimate of drug-likeness (QED) is 0.130. The predicted molar refractivity (Wildman–Crippen MR) is 61.9 cm³/mol. The van der Waals surface area contributed by atoms with Crippen molar-refractivity contribution in [3.63, 3.8) is 0 Å². The van der Waals surface area contributed by atoms with Gasteiger partial charge in [-0.05, 0) is 0 Å². The highest BCUT2D eigenvalue weighted by Crippen LogP contribution is 2.15. The fraction of sp³-hybridized carbons (Fsp3) is 0. The molecule has 104 valence electrons. The number of carbonyl (C=O) groups excluding carboxylic acids is 2. The highest BCUT2D eigenvalue weighted by atomic mass is 16.5. The average molecular weight is 280 g/mol. The Balaban J connectivity index is 2.92. The summed E-state index contributed by atoms with van der Waals surface area (Å²) in [6.45, 7) is 0. The molecule has 1 aliphatic rings. The molecule has 1 rings (SSSR count). The Kier molecular flexibility index (Phi) is 4.74. The van der Waals surface area contributed by atoms with Crippen molar-refractivity contribution in [1.29, 1.82) is 11.1 Å². The average Bonchev–Trinajstić information content (AvgIpc) is 2.46. The van der Waals surface area contributed by atoms with Crippen molar-refractivity contribution in [2.75, 3.05) is 0 Å². The summed E-state index contributed by atoms with van der Waals surface area (Å²) in [5.41, 5.74) is 13.3. The van der Waals surface area contributed by atoms with Crippen LogP contribution in [0, 0.1) is 11.1 Å². The molecular formula is C8H8N8O4. The Hall–Kier alpha value is -3.44. The maximum atomic E-state index is 11.6. The molecule has 0 spiro atoms. The van der Waals surface area contributed by atoms with Crippen LogP contribution in [0.3, 0.4) is 0 Å². The molecule has 0 heterocycles. The van der Waals surface area contributed by atoms with Gasteiger partial charge in [0.2, 0.25) is 11.6 Å². The molecule has 20 heavy (non-hydrogen) atoms. The van der Waals surface area contributed by atoms with Crippen molar-refractivity contribution < 1.29 is 19.1 Å². The summed E-state index contributed by atoms with van der Waals surface area (Å²) >= 11 is 0. The second-order valence-electron chi connectivity index (χ2n) is 3.00. The molecule has 0 aromatic rings. The minimum Gasteiger partial charge on any atom is -0.418 e. The van der Waals surface area contributed by atoms with Crippen LogP contribution in [-0.2, 0) is 19.1 Å². The highest BCUT2D eigenvalue weighted by Gasteiger charge is 2.25. The third-order valence-corrected chi connectivity index (χ3v) is 1.82. The molecule has 0 saturated carbocycles. The van der Waals surface area contributed by atoms with E-state index < -0.39 is 35.1 Å². The van der Waals surface area contributed by atoms with Crippen molar-refractivity contribution in [1.82, 2.24) is 0 Å². The summed E-state index contributed by atoms with van der Waals surface area (Å²) in [6.07, 6.45) is 1.54. The number of hydrogen-bond acceptors (Lipinski definition) is 10. The summed E-state index contributed by atoms with van der Waals surface area (Å²) in [5, 5.41) is 11.5. The standard InChI is InChI=1S/C8H8N8O4/c9-13-7(14-10)19-5-1-3(17)6(2-4(5)18)20-8(15-11)16-12/h1-2,9,11H,10,12H2. The van der Waals surface area contributed by atoms with E-state index >= 15 is 0 Å². The smallest absolute Gasteiger partial charge is 0.357 e. The van der Waals surface area contributed by atoms with Gasteiger partial charge in [0.15, 0.2) is 11.5 Å². The first-order valence-corrected chi connectivity index (χ1v) is 4.74. The molecule has 0 aromatic heterocycles. The van der Waals surface area contributed by atoms with Crippen LogP contribution >= 0.6 is 0 Å². The van der Waals surface area contributed by atoms with Gasteiger partial charge in [0.1, 0.15) is 0 Å². The fourth-order valence-corrected chi connectivity index (χ4v) is 1.03. The third kappa shape index (κ3) is 3.28. The molecule has 12 heteroatoms. The van der Waals surface area contributed by atoms with Gasteiger partial charge in [-0.2, -0.15) is 11.1 Å². The molecule has 1 aliphatic carbocycles. The lowest BCUT2D eigenvalue weighted by atomic mass is 10.1. The maximum Gasteiger partial charge on any atom is 0.357 e. The molecule has 0 unspecified atom stereocenters. The van der Waals surface area contributed by atoms with Crippen LogP contribution in [0.2, 0.25) is 0 Å². The number of ketones is 2. The van der Waals surface area contributed by atoms with E-state index in [1.165, 1.54) is 0 Å². The fourth-order valence-electron chi connectivity index (χ4n) is 1.03. The monoisotopic (exact) mass is 280 g/mol. The number of allylic oxidation sites excluding steroid dienone is 2. The topological polar surface area (TPSA) is 202 Å². The molecule has 0 radical (unpaired) electrons. The summed E-state index contributed by atoms with van der Waals surface area (Å²) in [7, 11) is 0. The number of rotatable bonds is 2. The van der Waals surface area contributed by atoms with E-state index in [1.54, 1.807) is 0 Å². The van der Waals surface area contributed by atoms with Gasteiger partial charge in [0, 0.05) is 12.2 Å².